The van der Waals surface area contributed by atoms with Gasteiger partial charge >= 0.3 is 11.9 Å². The van der Waals surface area contributed by atoms with Crippen LogP contribution in [0, 0.1) is 10.1 Å². The average molecular weight is 330 g/mol. The zero-order valence-corrected chi connectivity index (χ0v) is 12.6. The zero-order valence-electron chi connectivity index (χ0n) is 12.6. The van der Waals surface area contributed by atoms with Gasteiger partial charge in [-0.1, -0.05) is 12.1 Å². The van der Waals surface area contributed by atoms with E-state index in [4.69, 9.17) is 0 Å². The molecule has 0 amide bonds. The highest BCUT2D eigenvalue weighted by molar-refractivity contribution is 6.17. The van der Waals surface area contributed by atoms with Gasteiger partial charge in [0.05, 0.1) is 16.1 Å². The summed E-state index contributed by atoms with van der Waals surface area (Å²) in [6, 6.07) is 5.27. The Bertz CT molecular complexity index is 870. The van der Waals surface area contributed by atoms with E-state index in [0.717, 1.165) is 18.9 Å². The minimum Gasteiger partial charge on any atom is -0.478 e. The zero-order chi connectivity index (χ0) is 17.4. The molecule has 1 fully saturated rings. The van der Waals surface area contributed by atoms with Crippen molar-refractivity contribution in [3.8, 4) is 0 Å². The van der Waals surface area contributed by atoms with Crippen LogP contribution in [0.25, 0.3) is 10.8 Å². The second kappa shape index (κ2) is 5.80. The lowest BCUT2D eigenvalue weighted by Crippen LogP contribution is -2.20. The van der Waals surface area contributed by atoms with Crippen molar-refractivity contribution in [2.75, 3.05) is 18.0 Å². The van der Waals surface area contributed by atoms with Gasteiger partial charge in [-0.05, 0) is 18.9 Å². The number of hydrogen-bond acceptors (Lipinski definition) is 5. The summed E-state index contributed by atoms with van der Waals surface area (Å²) in [5, 5.41) is 30.6. The van der Waals surface area contributed by atoms with Crippen LogP contribution in [0.5, 0.6) is 0 Å². The number of benzene rings is 2. The first-order valence-corrected chi connectivity index (χ1v) is 7.37. The number of rotatable bonds is 4. The fraction of sp³-hybridized carbons (Fsp3) is 0.250. The first kappa shape index (κ1) is 15.7. The highest BCUT2D eigenvalue weighted by atomic mass is 16.6. The molecule has 0 radical (unpaired) electrons. The van der Waals surface area contributed by atoms with Crippen LogP contribution in [-0.4, -0.2) is 40.2 Å². The predicted molar refractivity (Wildman–Crippen MR) is 86.0 cm³/mol. The van der Waals surface area contributed by atoms with Gasteiger partial charge in [-0.3, -0.25) is 10.1 Å². The molecule has 0 aliphatic carbocycles. The van der Waals surface area contributed by atoms with E-state index in [1.54, 1.807) is 0 Å². The molecular formula is C16H14N2O6. The van der Waals surface area contributed by atoms with Crippen molar-refractivity contribution in [2.45, 2.75) is 12.8 Å². The number of fused-ring (bicyclic) bond motifs is 1. The van der Waals surface area contributed by atoms with Crippen molar-refractivity contribution >= 4 is 34.1 Å². The first-order valence-electron chi connectivity index (χ1n) is 7.37. The van der Waals surface area contributed by atoms with Crippen molar-refractivity contribution in [3.05, 3.63) is 45.5 Å². The molecule has 1 aliphatic heterocycles. The molecule has 1 saturated heterocycles. The molecule has 124 valence electrons. The number of anilines is 1. The fourth-order valence-corrected chi connectivity index (χ4v) is 3.21. The lowest BCUT2D eigenvalue weighted by Gasteiger charge is -2.21. The van der Waals surface area contributed by atoms with Crippen LogP contribution in [0.4, 0.5) is 11.4 Å². The van der Waals surface area contributed by atoms with Crippen molar-refractivity contribution in [2.24, 2.45) is 0 Å². The monoisotopic (exact) mass is 330 g/mol. The number of hydrogen-bond donors (Lipinski definition) is 2. The standard InChI is InChI=1S/C16H14N2O6/c19-15(20)10-5-3-4-9-13(10)11(16(21)22)8-12(18(23)24)14(9)17-6-1-2-7-17/h3-5,8H,1-2,6-7H2,(H,19,20)(H,21,22). The Morgan fingerprint density at radius 3 is 2.25 bits per heavy atom. The third kappa shape index (κ3) is 2.41. The van der Waals surface area contributed by atoms with E-state index in [0.29, 0.717) is 18.8 Å². The fourth-order valence-electron chi connectivity index (χ4n) is 3.21. The highest BCUT2D eigenvalue weighted by Crippen LogP contribution is 2.41. The number of carbonyl (C=O) groups is 2. The number of carboxylic acids is 2. The van der Waals surface area contributed by atoms with E-state index in [2.05, 4.69) is 0 Å². The molecule has 1 aliphatic rings. The van der Waals surface area contributed by atoms with Gasteiger partial charge in [-0.2, -0.15) is 0 Å². The molecule has 2 aromatic rings. The van der Waals surface area contributed by atoms with E-state index in [1.165, 1.54) is 18.2 Å². The van der Waals surface area contributed by atoms with E-state index >= 15 is 0 Å². The van der Waals surface area contributed by atoms with Gasteiger partial charge in [0.15, 0.2) is 0 Å². The van der Waals surface area contributed by atoms with Crippen LogP contribution in [-0.2, 0) is 0 Å². The summed E-state index contributed by atoms with van der Waals surface area (Å²) in [5.74, 6) is -2.67. The summed E-state index contributed by atoms with van der Waals surface area (Å²) in [5.41, 5.74) is -0.581. The smallest absolute Gasteiger partial charge is 0.336 e. The van der Waals surface area contributed by atoms with Crippen molar-refractivity contribution in [1.29, 1.82) is 0 Å². The molecule has 0 bridgehead atoms. The molecular weight excluding hydrogens is 316 g/mol. The van der Waals surface area contributed by atoms with Crippen molar-refractivity contribution in [1.82, 2.24) is 0 Å². The van der Waals surface area contributed by atoms with E-state index in [-0.39, 0.29) is 27.6 Å². The second-order valence-corrected chi connectivity index (χ2v) is 5.58. The van der Waals surface area contributed by atoms with Crippen LogP contribution < -0.4 is 4.90 Å². The largest absolute Gasteiger partial charge is 0.478 e. The topological polar surface area (TPSA) is 121 Å². The van der Waals surface area contributed by atoms with Crippen LogP contribution in [0.3, 0.4) is 0 Å². The maximum Gasteiger partial charge on any atom is 0.336 e. The Balaban J connectivity index is 2.48. The maximum atomic E-state index is 11.6. The molecule has 1 heterocycles. The van der Waals surface area contributed by atoms with Crippen LogP contribution in [0.15, 0.2) is 24.3 Å². The predicted octanol–water partition coefficient (Wildman–Crippen LogP) is 2.74. The minimum absolute atomic E-state index is 0.0185. The molecule has 0 aromatic heterocycles. The quantitative estimate of drug-likeness (QED) is 0.653. The van der Waals surface area contributed by atoms with Gasteiger partial charge in [0, 0.05) is 29.9 Å². The number of nitro groups is 1. The van der Waals surface area contributed by atoms with Crippen molar-refractivity contribution in [3.63, 3.8) is 0 Å². The Morgan fingerprint density at radius 2 is 1.71 bits per heavy atom. The Hall–Kier alpha value is -3.16. The minimum atomic E-state index is -1.40. The molecule has 8 nitrogen and oxygen atoms in total. The Labute approximate surface area is 136 Å². The number of nitrogens with zero attached hydrogens (tertiary/aromatic N) is 2. The number of nitro benzene ring substituents is 1. The molecule has 8 heteroatoms. The SMILES string of the molecule is O=C(O)c1cccc2c(N3CCCC3)c([N+](=O)[O-])cc(C(=O)O)c12. The molecule has 0 atom stereocenters. The summed E-state index contributed by atoms with van der Waals surface area (Å²) < 4.78 is 0. The van der Waals surface area contributed by atoms with Gasteiger partial charge in [0.2, 0.25) is 0 Å². The molecule has 0 spiro atoms. The summed E-state index contributed by atoms with van der Waals surface area (Å²) in [6.07, 6.45) is 1.75. The lowest BCUT2D eigenvalue weighted by molar-refractivity contribution is -0.384. The lowest BCUT2D eigenvalue weighted by atomic mass is 9.96. The molecule has 0 saturated carbocycles. The van der Waals surface area contributed by atoms with E-state index in [9.17, 15) is 29.9 Å². The summed E-state index contributed by atoms with van der Waals surface area (Å²) in [6.45, 7) is 1.22. The highest BCUT2D eigenvalue weighted by Gasteiger charge is 2.30. The van der Waals surface area contributed by atoms with Gasteiger partial charge in [-0.15, -0.1) is 0 Å². The molecule has 3 rings (SSSR count). The summed E-state index contributed by atoms with van der Waals surface area (Å²) in [7, 11) is 0. The van der Waals surface area contributed by atoms with E-state index in [1.807, 2.05) is 4.90 Å². The van der Waals surface area contributed by atoms with Crippen LogP contribution >= 0.6 is 0 Å². The third-order valence-corrected chi connectivity index (χ3v) is 4.19. The van der Waals surface area contributed by atoms with Gasteiger partial charge < -0.3 is 15.1 Å². The summed E-state index contributed by atoms with van der Waals surface area (Å²) in [4.78, 5) is 35.8. The normalized spacial score (nSPS) is 14.1. The first-order chi connectivity index (χ1) is 11.4. The van der Waals surface area contributed by atoms with Gasteiger partial charge in [-0.25, -0.2) is 9.59 Å². The maximum absolute atomic E-state index is 11.6. The molecule has 24 heavy (non-hydrogen) atoms. The second-order valence-electron chi connectivity index (χ2n) is 5.58. The molecule has 2 N–H and O–H groups in total. The Morgan fingerprint density at radius 1 is 1.08 bits per heavy atom. The molecule has 0 unspecified atom stereocenters. The average Bonchev–Trinajstić information content (AvgIpc) is 3.06. The third-order valence-electron chi connectivity index (χ3n) is 4.19. The Kier molecular flexibility index (Phi) is 3.80. The van der Waals surface area contributed by atoms with E-state index < -0.39 is 16.9 Å². The van der Waals surface area contributed by atoms with Gasteiger partial charge in [0.25, 0.3) is 5.69 Å². The number of aromatic carboxylic acids is 2. The van der Waals surface area contributed by atoms with Crippen LogP contribution in [0.2, 0.25) is 0 Å². The summed E-state index contributed by atoms with van der Waals surface area (Å²) >= 11 is 0. The van der Waals surface area contributed by atoms with Gasteiger partial charge in [0.1, 0.15) is 5.69 Å². The molecule has 2 aromatic carbocycles. The van der Waals surface area contributed by atoms with Crippen LogP contribution in [0.1, 0.15) is 33.6 Å². The van der Waals surface area contributed by atoms with Crippen molar-refractivity contribution < 1.29 is 24.7 Å². The number of carboxylic acid groups (broad SMARTS) is 2.